The number of halogens is 2. The summed E-state index contributed by atoms with van der Waals surface area (Å²) in [6.07, 6.45) is 2.78. The topological polar surface area (TPSA) is 150 Å². The molecule has 0 unspecified atom stereocenters. The van der Waals surface area contributed by atoms with Gasteiger partial charge in [-0.05, 0) is 67.1 Å². The van der Waals surface area contributed by atoms with E-state index in [1.165, 1.54) is 31.6 Å². The molecule has 0 amide bonds. The Bertz CT molecular complexity index is 2120. The van der Waals surface area contributed by atoms with Crippen LogP contribution in [0.25, 0.3) is 27.9 Å². The molecule has 0 spiro atoms. The zero-order valence-electron chi connectivity index (χ0n) is 22.1. The molecule has 4 N–H and O–H groups in total. The Kier molecular flexibility index (Phi) is 6.54. The third-order valence-electron chi connectivity index (χ3n) is 6.57. The van der Waals surface area contributed by atoms with Crippen molar-refractivity contribution in [2.24, 2.45) is 0 Å². The predicted molar refractivity (Wildman–Crippen MR) is 155 cm³/mol. The molecular weight excluding hydrogens is 566 g/mol. The van der Waals surface area contributed by atoms with Gasteiger partial charge in [0.1, 0.15) is 46.8 Å². The van der Waals surface area contributed by atoms with Gasteiger partial charge in [-0.25, -0.2) is 37.1 Å². The molecule has 0 aliphatic heterocycles. The molecule has 0 fully saturated rings. The van der Waals surface area contributed by atoms with Crippen LogP contribution in [0.3, 0.4) is 0 Å². The molecule has 3 aromatic heterocycles. The van der Waals surface area contributed by atoms with Crippen LogP contribution in [0.1, 0.15) is 5.56 Å². The van der Waals surface area contributed by atoms with Gasteiger partial charge in [0.05, 0.1) is 34.4 Å². The Morgan fingerprint density at radius 3 is 2.60 bits per heavy atom. The monoisotopic (exact) mass is 588 g/mol. The molecule has 6 aromatic rings. The predicted octanol–water partition coefficient (Wildman–Crippen LogP) is 5.09. The lowest BCUT2D eigenvalue weighted by atomic mass is 10.2. The lowest BCUT2D eigenvalue weighted by Crippen LogP contribution is -2.16. The molecular formula is C28H22F2N8O3S. The van der Waals surface area contributed by atoms with Gasteiger partial charge >= 0.3 is 0 Å². The number of benzene rings is 3. The molecule has 0 atom stereocenters. The lowest BCUT2D eigenvalue weighted by Gasteiger charge is -2.15. The average molecular weight is 589 g/mol. The maximum Gasteiger partial charge on any atom is 0.262 e. The Morgan fingerprint density at radius 1 is 0.976 bits per heavy atom. The first-order valence-electron chi connectivity index (χ1n) is 12.4. The number of anilines is 4. The molecule has 3 heterocycles. The summed E-state index contributed by atoms with van der Waals surface area (Å²) in [6.45, 7) is 1.58. The molecule has 14 heteroatoms. The second-order valence-corrected chi connectivity index (χ2v) is 10.9. The number of nitrogens with zero attached hydrogens (tertiary/aromatic N) is 5. The van der Waals surface area contributed by atoms with E-state index in [-0.39, 0.29) is 16.2 Å². The zero-order valence-corrected chi connectivity index (χ0v) is 22.9. The summed E-state index contributed by atoms with van der Waals surface area (Å²) in [7, 11) is -2.78. The van der Waals surface area contributed by atoms with Crippen molar-refractivity contribution in [2.45, 2.75) is 11.8 Å². The summed E-state index contributed by atoms with van der Waals surface area (Å²) in [4.78, 5) is 17.2. The number of methoxy groups -OCH3 is 1. The van der Waals surface area contributed by atoms with Crippen molar-refractivity contribution in [3.8, 4) is 11.6 Å². The van der Waals surface area contributed by atoms with Crippen LogP contribution in [-0.2, 0) is 10.0 Å². The van der Waals surface area contributed by atoms with E-state index in [9.17, 15) is 12.8 Å². The highest BCUT2D eigenvalue weighted by Crippen LogP contribution is 2.32. The highest BCUT2D eigenvalue weighted by molar-refractivity contribution is 7.92. The van der Waals surface area contributed by atoms with E-state index in [0.717, 1.165) is 12.1 Å². The van der Waals surface area contributed by atoms with Gasteiger partial charge in [0.2, 0.25) is 0 Å². The average Bonchev–Trinajstić information content (AvgIpc) is 3.42. The number of aryl methyl sites for hydroxylation is 1. The number of hydrogen-bond acceptors (Lipinski definition) is 9. The van der Waals surface area contributed by atoms with Crippen molar-refractivity contribution < 1.29 is 21.9 Å². The maximum atomic E-state index is 15.7. The van der Waals surface area contributed by atoms with Crippen molar-refractivity contribution >= 4 is 55.0 Å². The van der Waals surface area contributed by atoms with E-state index in [0.29, 0.717) is 39.4 Å². The van der Waals surface area contributed by atoms with E-state index < -0.39 is 33.0 Å². The largest absolute Gasteiger partial charge is 0.497 e. The smallest absolute Gasteiger partial charge is 0.262 e. The third kappa shape index (κ3) is 4.66. The first kappa shape index (κ1) is 26.8. The summed E-state index contributed by atoms with van der Waals surface area (Å²) in [6, 6.07) is 15.0. The van der Waals surface area contributed by atoms with Gasteiger partial charge in [-0.1, -0.05) is 6.07 Å². The number of imidazole rings is 1. The van der Waals surface area contributed by atoms with E-state index in [2.05, 4.69) is 30.0 Å². The minimum atomic E-state index is -4.23. The van der Waals surface area contributed by atoms with Crippen molar-refractivity contribution in [1.29, 1.82) is 0 Å². The minimum Gasteiger partial charge on any atom is -0.497 e. The highest BCUT2D eigenvalue weighted by Gasteiger charge is 2.23. The molecule has 0 bridgehead atoms. The highest BCUT2D eigenvalue weighted by atomic mass is 32.2. The summed E-state index contributed by atoms with van der Waals surface area (Å²) in [5.41, 5.74) is 7.72. The quantitative estimate of drug-likeness (QED) is 0.217. The number of pyridine rings is 1. The van der Waals surface area contributed by atoms with Crippen molar-refractivity contribution in [1.82, 2.24) is 24.5 Å². The normalized spacial score (nSPS) is 11.6. The standard InChI is InChI=1S/C28H22F2N8O3S/c1-15-12-16(41-2)6-10-22(15)42(39,40)37-19-8-7-17(29)25(24(19)30)36-28-27-20(32-13-33-28)9-11-23(35-27)38-14-34-26-18(31)4-3-5-21(26)38/h3-14,37H,31H2,1-2H3,(H,32,33,36). The van der Waals surface area contributed by atoms with Crippen LogP contribution in [0.2, 0.25) is 0 Å². The Hall–Kier alpha value is -5.37. The molecule has 3 aromatic carbocycles. The van der Waals surface area contributed by atoms with Gasteiger partial charge in [-0.15, -0.1) is 0 Å². The van der Waals surface area contributed by atoms with Crippen molar-refractivity contribution in [3.05, 3.63) is 90.5 Å². The number of fused-ring (bicyclic) bond motifs is 2. The number of nitrogen functional groups attached to an aromatic ring is 1. The molecule has 0 radical (unpaired) electrons. The summed E-state index contributed by atoms with van der Waals surface area (Å²) in [5, 5.41) is 2.63. The Balaban J connectivity index is 1.38. The van der Waals surface area contributed by atoms with Gasteiger partial charge in [0, 0.05) is 0 Å². The molecule has 0 aliphatic carbocycles. The molecule has 0 aliphatic rings. The molecule has 0 saturated heterocycles. The van der Waals surface area contributed by atoms with E-state index >= 15 is 4.39 Å². The zero-order chi connectivity index (χ0) is 29.6. The first-order chi connectivity index (χ1) is 20.2. The second-order valence-electron chi connectivity index (χ2n) is 9.23. The van der Waals surface area contributed by atoms with Gasteiger partial charge in [0.15, 0.2) is 11.6 Å². The number of aromatic nitrogens is 5. The van der Waals surface area contributed by atoms with Gasteiger partial charge < -0.3 is 15.8 Å². The Morgan fingerprint density at radius 2 is 1.81 bits per heavy atom. The van der Waals surface area contributed by atoms with E-state index in [1.807, 2.05) is 6.07 Å². The fourth-order valence-electron chi connectivity index (χ4n) is 4.51. The molecule has 11 nitrogen and oxygen atoms in total. The van der Waals surface area contributed by atoms with Crippen molar-refractivity contribution in [3.63, 3.8) is 0 Å². The number of ether oxygens (including phenoxy) is 1. The van der Waals surface area contributed by atoms with Crippen LogP contribution in [-0.4, -0.2) is 40.0 Å². The van der Waals surface area contributed by atoms with Crippen LogP contribution in [0, 0.1) is 18.6 Å². The fourth-order valence-corrected chi connectivity index (χ4v) is 5.80. The SMILES string of the molecule is COc1ccc(S(=O)(=O)Nc2ccc(F)c(Nc3ncnc4ccc(-n5cnc6c(N)cccc65)nc34)c2F)c(C)c1. The third-order valence-corrected chi connectivity index (χ3v) is 8.10. The molecule has 6 rings (SSSR count). The number of sulfonamides is 1. The number of rotatable bonds is 7. The van der Waals surface area contributed by atoms with E-state index in [4.69, 9.17) is 10.5 Å². The van der Waals surface area contributed by atoms with Crippen LogP contribution < -0.4 is 20.5 Å². The molecule has 212 valence electrons. The summed E-state index contributed by atoms with van der Waals surface area (Å²) in [5.74, 6) is -1.26. The van der Waals surface area contributed by atoms with Crippen LogP contribution in [0.5, 0.6) is 5.75 Å². The van der Waals surface area contributed by atoms with Gasteiger partial charge in [0.25, 0.3) is 10.0 Å². The molecule has 0 saturated carbocycles. The number of hydrogen-bond donors (Lipinski definition) is 3. The van der Waals surface area contributed by atoms with Crippen LogP contribution >= 0.6 is 0 Å². The van der Waals surface area contributed by atoms with Gasteiger partial charge in [-0.2, -0.15) is 0 Å². The first-order valence-corrected chi connectivity index (χ1v) is 13.9. The van der Waals surface area contributed by atoms with E-state index in [1.54, 1.807) is 42.1 Å². The van der Waals surface area contributed by atoms with Crippen molar-refractivity contribution in [2.75, 3.05) is 22.9 Å². The summed E-state index contributed by atoms with van der Waals surface area (Å²) >= 11 is 0. The minimum absolute atomic E-state index is 0.00501. The van der Waals surface area contributed by atoms with Crippen LogP contribution in [0.4, 0.5) is 31.7 Å². The number of para-hydroxylation sites is 1. The fraction of sp³-hybridized carbons (Fsp3) is 0.0714. The number of nitrogens with one attached hydrogen (secondary N) is 2. The lowest BCUT2D eigenvalue weighted by molar-refractivity contribution is 0.414. The van der Waals surface area contributed by atoms with Crippen LogP contribution in [0.15, 0.2) is 78.2 Å². The Labute approximate surface area is 238 Å². The second kappa shape index (κ2) is 10.2. The molecule has 42 heavy (non-hydrogen) atoms. The van der Waals surface area contributed by atoms with Gasteiger partial charge in [-0.3, -0.25) is 9.29 Å². The number of nitrogens with two attached hydrogens (primary N) is 1. The maximum absolute atomic E-state index is 15.7. The summed E-state index contributed by atoms with van der Waals surface area (Å²) < 4.78 is 65.8.